The maximum absolute atomic E-state index is 13.7. The van der Waals surface area contributed by atoms with Gasteiger partial charge in [0.15, 0.2) is 17.3 Å². The maximum Gasteiger partial charge on any atom is 0.274 e. The van der Waals surface area contributed by atoms with Crippen molar-refractivity contribution in [3.63, 3.8) is 0 Å². The molecule has 0 saturated heterocycles. The first kappa shape index (κ1) is 28.1. The second-order valence-corrected chi connectivity index (χ2v) is 16.5. The molecule has 1 aromatic carbocycles. The number of pyridine rings is 1. The lowest BCUT2D eigenvalue weighted by Gasteiger charge is -2.25. The van der Waals surface area contributed by atoms with E-state index in [2.05, 4.69) is 20.3 Å². The van der Waals surface area contributed by atoms with Gasteiger partial charge in [0.25, 0.3) is 5.91 Å². The molecule has 210 valence electrons. The molecule has 40 heavy (non-hydrogen) atoms. The number of nitrogens with one attached hydrogen (secondary N) is 1. The minimum absolute atomic E-state index is 0.00248. The van der Waals surface area contributed by atoms with Crippen molar-refractivity contribution < 1.29 is 27.3 Å². The summed E-state index contributed by atoms with van der Waals surface area (Å²) in [6, 6.07) is 8.77. The number of hydrogen-bond acceptors (Lipinski definition) is 9. The molecule has 1 aliphatic carbocycles. The summed E-state index contributed by atoms with van der Waals surface area (Å²) >= 11 is 1.34. The molecule has 1 fully saturated rings. The molecule has 10 nitrogen and oxygen atoms in total. The minimum Gasteiger partial charge on any atom is -0.504 e. The lowest BCUT2D eigenvalue weighted by Crippen LogP contribution is -2.37. The number of anilines is 1. The minimum atomic E-state index is -3.94. The molecular weight excluding hydrogens is 576 g/mol. The number of aromatic hydroxyl groups is 1. The average Bonchev–Trinajstić information content (AvgIpc) is 3.61. The number of hydrogen-bond donors (Lipinski definition) is 2. The number of thiophene rings is 1. The topological polar surface area (TPSA) is 142 Å². The van der Waals surface area contributed by atoms with E-state index in [1.807, 2.05) is 0 Å². The summed E-state index contributed by atoms with van der Waals surface area (Å²) < 4.78 is 55.1. The Morgan fingerprint density at radius 1 is 1.20 bits per heavy atom. The van der Waals surface area contributed by atoms with Crippen LogP contribution in [0.1, 0.15) is 33.8 Å². The van der Waals surface area contributed by atoms with Crippen LogP contribution < -0.4 is 14.2 Å². The molecule has 0 radical (unpaired) electrons. The van der Waals surface area contributed by atoms with Gasteiger partial charge >= 0.3 is 0 Å². The van der Waals surface area contributed by atoms with Crippen molar-refractivity contribution in [2.45, 2.75) is 31.8 Å². The van der Waals surface area contributed by atoms with Crippen molar-refractivity contribution in [1.82, 2.24) is 20.3 Å². The Hall–Kier alpha value is -3.41. The number of halogens is 1. The van der Waals surface area contributed by atoms with Crippen LogP contribution in [-0.2, 0) is 27.6 Å². The monoisotopic (exact) mass is 603 g/mol. The molecular formula is C26H27FN5O5PS2. The van der Waals surface area contributed by atoms with Crippen molar-refractivity contribution >= 4 is 55.7 Å². The normalized spacial score (nSPS) is 13.9. The van der Waals surface area contributed by atoms with Crippen molar-refractivity contribution in [3.05, 3.63) is 70.9 Å². The first-order valence-corrected chi connectivity index (χ1v) is 17.5. The molecule has 5 rings (SSSR count). The van der Waals surface area contributed by atoms with Crippen LogP contribution in [0.15, 0.2) is 48.9 Å². The number of sulfonamides is 1. The highest BCUT2D eigenvalue weighted by Gasteiger charge is 2.40. The Kier molecular flexibility index (Phi) is 7.64. The van der Waals surface area contributed by atoms with Gasteiger partial charge in [-0.25, -0.2) is 32.1 Å². The van der Waals surface area contributed by atoms with Gasteiger partial charge in [-0.2, -0.15) is 0 Å². The van der Waals surface area contributed by atoms with E-state index in [1.165, 1.54) is 52.4 Å². The number of amides is 1. The lowest BCUT2D eigenvalue weighted by atomic mass is 10.2. The first-order chi connectivity index (χ1) is 18.9. The summed E-state index contributed by atoms with van der Waals surface area (Å²) in [4.78, 5) is 26.4. The van der Waals surface area contributed by atoms with Gasteiger partial charge in [-0.05, 0) is 62.4 Å². The molecule has 1 saturated carbocycles. The van der Waals surface area contributed by atoms with Crippen molar-refractivity contribution in [3.8, 4) is 5.75 Å². The predicted octanol–water partition coefficient (Wildman–Crippen LogP) is 3.65. The Bertz CT molecular complexity index is 1740. The molecule has 0 unspecified atom stereocenters. The number of carbonyl (C=O) groups excluding carboxylic acids is 1. The van der Waals surface area contributed by atoms with Gasteiger partial charge in [0, 0.05) is 23.7 Å². The smallest absolute Gasteiger partial charge is 0.274 e. The second kappa shape index (κ2) is 10.9. The fourth-order valence-corrected chi connectivity index (χ4v) is 8.45. The summed E-state index contributed by atoms with van der Waals surface area (Å²) in [5.41, 5.74) is 0.241. The largest absolute Gasteiger partial charge is 0.504 e. The van der Waals surface area contributed by atoms with E-state index in [-0.39, 0.29) is 47.2 Å². The molecule has 0 spiro atoms. The van der Waals surface area contributed by atoms with Gasteiger partial charge in [0.1, 0.15) is 24.8 Å². The standard InChI is InChI=1S/C26H27FN5O5PS2/c1-38(2,35)21-10-9-19(39-21)11-12-40(36,37)32(18-7-8-18)25-20-14-28-15-30-22(20)24(33)23(31-25)26(34)29-13-16-3-5-17(27)6-4-16/h3-6,9-10,14-15,18,33H,7-8,11-13H2,1-2H3,(H,29,34). The van der Waals surface area contributed by atoms with Crippen LogP contribution in [0, 0.1) is 5.82 Å². The quantitative estimate of drug-likeness (QED) is 0.262. The summed E-state index contributed by atoms with van der Waals surface area (Å²) in [7, 11) is -6.39. The fourth-order valence-electron chi connectivity index (χ4n) is 4.17. The number of fused-ring (bicyclic) bond motifs is 1. The summed E-state index contributed by atoms with van der Waals surface area (Å²) in [6.45, 7) is 3.38. The second-order valence-electron chi connectivity index (χ2n) is 9.91. The van der Waals surface area contributed by atoms with Crippen LogP contribution in [0.4, 0.5) is 10.2 Å². The van der Waals surface area contributed by atoms with E-state index in [4.69, 9.17) is 0 Å². The van der Waals surface area contributed by atoms with Gasteiger partial charge in [-0.1, -0.05) is 12.1 Å². The molecule has 0 aliphatic heterocycles. The lowest BCUT2D eigenvalue weighted by molar-refractivity contribution is 0.0943. The van der Waals surface area contributed by atoms with Crippen LogP contribution in [-0.4, -0.2) is 59.5 Å². The van der Waals surface area contributed by atoms with Gasteiger partial charge in [-0.3, -0.25) is 4.79 Å². The van der Waals surface area contributed by atoms with Gasteiger partial charge in [0.2, 0.25) is 10.0 Å². The SMILES string of the molecule is CP(C)(=O)c1ccc(CCS(=O)(=O)N(c2nc(C(=O)NCc3ccc(F)cc3)c(O)c3ncncc23)C2CC2)s1. The van der Waals surface area contributed by atoms with Gasteiger partial charge in [-0.15, -0.1) is 11.3 Å². The van der Waals surface area contributed by atoms with E-state index in [0.717, 1.165) is 9.50 Å². The third-order valence-electron chi connectivity index (χ3n) is 6.37. The average molecular weight is 604 g/mol. The fraction of sp³-hybridized carbons (Fsp3) is 0.308. The number of aromatic nitrogens is 3. The first-order valence-electron chi connectivity index (χ1n) is 12.5. The van der Waals surface area contributed by atoms with E-state index in [9.17, 15) is 27.3 Å². The Balaban J connectivity index is 1.47. The molecule has 0 atom stereocenters. The molecule has 3 aromatic heterocycles. The van der Waals surface area contributed by atoms with Crippen LogP contribution >= 0.6 is 18.5 Å². The molecule has 2 N–H and O–H groups in total. The Morgan fingerprint density at radius 2 is 1.93 bits per heavy atom. The zero-order chi connectivity index (χ0) is 28.7. The van der Waals surface area contributed by atoms with Crippen LogP contribution in [0.2, 0.25) is 0 Å². The van der Waals surface area contributed by atoms with Gasteiger partial charge < -0.3 is 15.0 Å². The molecule has 1 aliphatic rings. The molecule has 14 heteroatoms. The van der Waals surface area contributed by atoms with E-state index in [1.54, 1.807) is 25.5 Å². The number of carbonyl (C=O) groups is 1. The Labute approximate surface area is 234 Å². The van der Waals surface area contributed by atoms with Crippen LogP contribution in [0.3, 0.4) is 0 Å². The molecule has 3 heterocycles. The highest BCUT2D eigenvalue weighted by atomic mass is 32.2. The number of rotatable bonds is 10. The molecule has 0 bridgehead atoms. The summed E-state index contributed by atoms with van der Waals surface area (Å²) in [5, 5.41) is 13.7. The number of benzene rings is 1. The van der Waals surface area contributed by atoms with Crippen LogP contribution in [0.25, 0.3) is 10.9 Å². The summed E-state index contributed by atoms with van der Waals surface area (Å²) in [5.74, 6) is -1.91. The Morgan fingerprint density at radius 3 is 2.58 bits per heavy atom. The molecule has 4 aromatic rings. The highest BCUT2D eigenvalue weighted by molar-refractivity contribution is 7.92. The molecule has 1 amide bonds. The predicted molar refractivity (Wildman–Crippen MR) is 153 cm³/mol. The van der Waals surface area contributed by atoms with Gasteiger partial charge in [0.05, 0.1) is 15.8 Å². The third-order valence-corrected chi connectivity index (χ3v) is 11.9. The van der Waals surface area contributed by atoms with Crippen LogP contribution in [0.5, 0.6) is 5.75 Å². The number of nitrogens with zero attached hydrogens (tertiary/aromatic N) is 4. The van der Waals surface area contributed by atoms with E-state index < -0.39 is 34.6 Å². The number of aryl methyl sites for hydroxylation is 1. The third kappa shape index (κ3) is 6.01. The van der Waals surface area contributed by atoms with E-state index in [0.29, 0.717) is 18.4 Å². The summed E-state index contributed by atoms with van der Waals surface area (Å²) in [6.07, 6.45) is 3.99. The van der Waals surface area contributed by atoms with Crippen molar-refractivity contribution in [2.75, 3.05) is 23.4 Å². The van der Waals surface area contributed by atoms with E-state index >= 15 is 0 Å². The van der Waals surface area contributed by atoms with Crippen molar-refractivity contribution in [1.29, 1.82) is 0 Å². The maximum atomic E-state index is 13.7. The zero-order valence-corrected chi connectivity index (χ0v) is 24.3. The van der Waals surface area contributed by atoms with Crippen molar-refractivity contribution in [2.24, 2.45) is 0 Å². The highest BCUT2D eigenvalue weighted by Crippen LogP contribution is 2.40. The zero-order valence-electron chi connectivity index (χ0n) is 21.7.